The zero-order chi connectivity index (χ0) is 12.8. The molecule has 3 nitrogen and oxygen atoms in total. The summed E-state index contributed by atoms with van der Waals surface area (Å²) in [5.41, 5.74) is -0.401. The van der Waals surface area contributed by atoms with Crippen LogP contribution in [0.4, 0.5) is 4.79 Å². The Morgan fingerprint density at radius 3 is 2.38 bits per heavy atom. The van der Waals surface area contributed by atoms with E-state index >= 15 is 0 Å². The van der Waals surface area contributed by atoms with Crippen LogP contribution in [0.1, 0.15) is 53.9 Å². The summed E-state index contributed by atoms with van der Waals surface area (Å²) < 4.78 is 5.27. The van der Waals surface area contributed by atoms with Crippen LogP contribution in [-0.2, 0) is 4.74 Å². The van der Waals surface area contributed by atoms with Gasteiger partial charge in [-0.15, -0.1) is 0 Å². The molecule has 0 saturated heterocycles. The normalized spacial score (nSPS) is 13.4. The van der Waals surface area contributed by atoms with E-state index in [9.17, 15) is 4.79 Å². The molecule has 0 heterocycles. The van der Waals surface area contributed by atoms with Crippen LogP contribution in [0.5, 0.6) is 0 Å². The Bertz CT molecular complexity index is 208. The second-order valence-electron chi connectivity index (χ2n) is 5.56. The standard InChI is InChI=1S/C13H27NO2/c1-7-11(2)9-8-10-14(6)12(15)16-13(3,4)5/h11H,7-10H2,1-6H3. The maximum absolute atomic E-state index is 11.6. The van der Waals surface area contributed by atoms with Gasteiger partial charge in [0.25, 0.3) is 0 Å². The van der Waals surface area contributed by atoms with Crippen molar-refractivity contribution in [3.63, 3.8) is 0 Å². The van der Waals surface area contributed by atoms with E-state index < -0.39 is 5.60 Å². The van der Waals surface area contributed by atoms with Crippen molar-refractivity contribution in [1.29, 1.82) is 0 Å². The fourth-order valence-corrected chi connectivity index (χ4v) is 1.31. The van der Waals surface area contributed by atoms with Crippen molar-refractivity contribution >= 4 is 6.09 Å². The molecule has 0 rings (SSSR count). The van der Waals surface area contributed by atoms with Crippen LogP contribution in [0.25, 0.3) is 0 Å². The van der Waals surface area contributed by atoms with Crippen LogP contribution in [0.3, 0.4) is 0 Å². The molecule has 96 valence electrons. The third-order valence-corrected chi connectivity index (χ3v) is 2.59. The Morgan fingerprint density at radius 1 is 1.38 bits per heavy atom. The third-order valence-electron chi connectivity index (χ3n) is 2.59. The molecule has 0 fully saturated rings. The van der Waals surface area contributed by atoms with Gasteiger partial charge in [-0.05, 0) is 39.5 Å². The molecule has 16 heavy (non-hydrogen) atoms. The maximum atomic E-state index is 11.6. The summed E-state index contributed by atoms with van der Waals surface area (Å²) >= 11 is 0. The van der Waals surface area contributed by atoms with Crippen LogP contribution in [-0.4, -0.2) is 30.2 Å². The van der Waals surface area contributed by atoms with E-state index in [0.29, 0.717) is 0 Å². The number of nitrogens with zero attached hydrogens (tertiary/aromatic N) is 1. The Hall–Kier alpha value is -0.730. The van der Waals surface area contributed by atoms with Crippen molar-refractivity contribution in [1.82, 2.24) is 4.90 Å². The van der Waals surface area contributed by atoms with Gasteiger partial charge < -0.3 is 9.64 Å². The maximum Gasteiger partial charge on any atom is 0.410 e. The lowest BCUT2D eigenvalue weighted by Gasteiger charge is -2.24. The van der Waals surface area contributed by atoms with Gasteiger partial charge in [-0.1, -0.05) is 20.3 Å². The molecule has 1 amide bonds. The topological polar surface area (TPSA) is 29.5 Å². The van der Waals surface area contributed by atoms with Crippen molar-refractivity contribution in [3.05, 3.63) is 0 Å². The van der Waals surface area contributed by atoms with Crippen LogP contribution in [0.15, 0.2) is 0 Å². The molecule has 0 radical (unpaired) electrons. The monoisotopic (exact) mass is 229 g/mol. The predicted molar refractivity (Wildman–Crippen MR) is 67.6 cm³/mol. The van der Waals surface area contributed by atoms with Crippen LogP contribution >= 0.6 is 0 Å². The molecule has 0 N–H and O–H groups in total. The number of rotatable bonds is 5. The molecule has 0 aliphatic carbocycles. The number of ether oxygens (including phenoxy) is 1. The van der Waals surface area contributed by atoms with Crippen LogP contribution < -0.4 is 0 Å². The van der Waals surface area contributed by atoms with Gasteiger partial charge in [0, 0.05) is 13.6 Å². The van der Waals surface area contributed by atoms with Gasteiger partial charge in [0.1, 0.15) is 5.60 Å². The molecule has 1 atom stereocenters. The first-order valence-corrected chi connectivity index (χ1v) is 6.20. The van der Waals surface area contributed by atoms with Crippen LogP contribution in [0.2, 0.25) is 0 Å². The average Bonchev–Trinajstić information content (AvgIpc) is 2.14. The molecule has 0 aromatic carbocycles. The minimum atomic E-state index is -0.401. The van der Waals surface area contributed by atoms with E-state index in [1.54, 1.807) is 11.9 Å². The summed E-state index contributed by atoms with van der Waals surface area (Å²) in [7, 11) is 1.80. The van der Waals surface area contributed by atoms with Gasteiger partial charge >= 0.3 is 6.09 Å². The third kappa shape index (κ3) is 7.55. The number of carbonyl (C=O) groups excluding carboxylic acids is 1. The molecule has 0 aliphatic rings. The Balaban J connectivity index is 3.80. The molecule has 0 saturated carbocycles. The highest BCUT2D eigenvalue weighted by Gasteiger charge is 2.19. The smallest absolute Gasteiger partial charge is 0.410 e. The van der Waals surface area contributed by atoms with Gasteiger partial charge in [-0.25, -0.2) is 4.79 Å². The molecule has 0 aromatic rings. The summed E-state index contributed by atoms with van der Waals surface area (Å²) in [5, 5.41) is 0. The highest BCUT2D eigenvalue weighted by molar-refractivity contribution is 5.67. The van der Waals surface area contributed by atoms with Crippen molar-refractivity contribution in [2.75, 3.05) is 13.6 Å². The lowest BCUT2D eigenvalue weighted by Crippen LogP contribution is -2.34. The van der Waals surface area contributed by atoms with Crippen molar-refractivity contribution in [2.45, 2.75) is 59.5 Å². The van der Waals surface area contributed by atoms with Gasteiger partial charge in [0.2, 0.25) is 0 Å². The fraction of sp³-hybridized carbons (Fsp3) is 0.923. The SMILES string of the molecule is CCC(C)CCCN(C)C(=O)OC(C)(C)C. The van der Waals surface area contributed by atoms with Gasteiger partial charge in [-0.3, -0.25) is 0 Å². The lowest BCUT2D eigenvalue weighted by molar-refractivity contribution is 0.0294. The van der Waals surface area contributed by atoms with Gasteiger partial charge in [0.05, 0.1) is 0 Å². The second kappa shape index (κ2) is 6.77. The Labute approximate surface area is 100 Å². The molecule has 0 aliphatic heterocycles. The number of carbonyl (C=O) groups is 1. The van der Waals surface area contributed by atoms with Crippen molar-refractivity contribution in [3.8, 4) is 0 Å². The fourth-order valence-electron chi connectivity index (χ4n) is 1.31. The van der Waals surface area contributed by atoms with E-state index in [-0.39, 0.29) is 6.09 Å². The number of amides is 1. The first kappa shape index (κ1) is 15.3. The highest BCUT2D eigenvalue weighted by atomic mass is 16.6. The zero-order valence-electron chi connectivity index (χ0n) is 11.7. The van der Waals surface area contributed by atoms with Gasteiger partial charge in [0.15, 0.2) is 0 Å². The molecule has 0 spiro atoms. The Morgan fingerprint density at radius 2 is 1.94 bits per heavy atom. The first-order valence-electron chi connectivity index (χ1n) is 6.20. The largest absolute Gasteiger partial charge is 0.444 e. The first-order chi connectivity index (χ1) is 7.26. The lowest BCUT2D eigenvalue weighted by atomic mass is 10.0. The summed E-state index contributed by atoms with van der Waals surface area (Å²) in [6.07, 6.45) is 3.20. The summed E-state index contributed by atoms with van der Waals surface area (Å²) in [6.45, 7) is 10.9. The van der Waals surface area contributed by atoms with Crippen molar-refractivity contribution < 1.29 is 9.53 Å². The minimum absolute atomic E-state index is 0.225. The summed E-state index contributed by atoms with van der Waals surface area (Å²) in [5.74, 6) is 0.743. The van der Waals surface area contributed by atoms with Crippen LogP contribution in [0, 0.1) is 5.92 Å². The number of hydrogen-bond acceptors (Lipinski definition) is 2. The van der Waals surface area contributed by atoms with Gasteiger partial charge in [-0.2, -0.15) is 0 Å². The minimum Gasteiger partial charge on any atom is -0.444 e. The highest BCUT2D eigenvalue weighted by Crippen LogP contribution is 2.12. The number of hydrogen-bond donors (Lipinski definition) is 0. The quantitative estimate of drug-likeness (QED) is 0.719. The molecular formula is C13H27NO2. The zero-order valence-corrected chi connectivity index (χ0v) is 11.7. The average molecular weight is 229 g/mol. The van der Waals surface area contributed by atoms with E-state index in [2.05, 4.69) is 13.8 Å². The summed E-state index contributed by atoms with van der Waals surface area (Å²) in [4.78, 5) is 13.3. The van der Waals surface area contributed by atoms with Crippen molar-refractivity contribution in [2.24, 2.45) is 5.92 Å². The molecule has 1 unspecified atom stereocenters. The molecule has 0 aromatic heterocycles. The van der Waals surface area contributed by atoms with E-state index in [0.717, 1.165) is 18.9 Å². The van der Waals surface area contributed by atoms with E-state index in [1.165, 1.54) is 12.8 Å². The molecular weight excluding hydrogens is 202 g/mol. The van der Waals surface area contributed by atoms with E-state index in [4.69, 9.17) is 4.74 Å². The van der Waals surface area contributed by atoms with E-state index in [1.807, 2.05) is 20.8 Å². The second-order valence-corrected chi connectivity index (χ2v) is 5.56. The molecule has 0 bridgehead atoms. The predicted octanol–water partition coefficient (Wildman–Crippen LogP) is 3.68. The Kier molecular flexibility index (Phi) is 6.46. The molecule has 3 heteroatoms. The summed E-state index contributed by atoms with van der Waals surface area (Å²) in [6, 6.07) is 0.